The average Bonchev–Trinajstić information content (AvgIpc) is 2.36. The summed E-state index contributed by atoms with van der Waals surface area (Å²) in [5, 5.41) is 2.95. The number of halogens is 3. The number of hydrogen-bond acceptors (Lipinski definition) is 1. The van der Waals surface area contributed by atoms with Gasteiger partial charge in [0.25, 0.3) is 0 Å². The first-order valence-electron chi connectivity index (χ1n) is 5.97. The number of rotatable bonds is 4. The van der Waals surface area contributed by atoms with E-state index in [1.165, 1.54) is 18.2 Å². The molecule has 2 aromatic carbocycles. The molecule has 0 aromatic heterocycles. The summed E-state index contributed by atoms with van der Waals surface area (Å²) in [5.41, 5.74) is 0.967. The van der Waals surface area contributed by atoms with Crippen LogP contribution in [0.1, 0.15) is 17.2 Å². The van der Waals surface area contributed by atoms with Crippen molar-refractivity contribution in [2.45, 2.75) is 12.5 Å². The number of likely N-dealkylation sites (N-methyl/N-ethyl adjacent to an activating group) is 1. The van der Waals surface area contributed by atoms with E-state index >= 15 is 0 Å². The zero-order chi connectivity index (χ0) is 13.8. The molecule has 0 aliphatic heterocycles. The van der Waals surface area contributed by atoms with Crippen LogP contribution in [0, 0.1) is 17.5 Å². The quantitative estimate of drug-likeness (QED) is 0.890. The van der Waals surface area contributed by atoms with Gasteiger partial charge in [0.05, 0.1) is 0 Å². The Labute approximate surface area is 110 Å². The van der Waals surface area contributed by atoms with Crippen LogP contribution in [0.3, 0.4) is 0 Å². The van der Waals surface area contributed by atoms with Crippen molar-refractivity contribution in [3.05, 3.63) is 71.0 Å². The van der Waals surface area contributed by atoms with E-state index in [1.54, 1.807) is 25.2 Å². The summed E-state index contributed by atoms with van der Waals surface area (Å²) in [4.78, 5) is 0. The van der Waals surface area contributed by atoms with E-state index in [-0.39, 0.29) is 11.9 Å². The largest absolute Gasteiger partial charge is 0.313 e. The van der Waals surface area contributed by atoms with Crippen LogP contribution in [-0.2, 0) is 6.42 Å². The van der Waals surface area contributed by atoms with Crippen molar-refractivity contribution in [3.63, 3.8) is 0 Å². The fourth-order valence-corrected chi connectivity index (χ4v) is 2.05. The van der Waals surface area contributed by atoms with Crippen LogP contribution >= 0.6 is 0 Å². The van der Waals surface area contributed by atoms with Gasteiger partial charge in [-0.3, -0.25) is 0 Å². The fraction of sp³-hybridized carbons (Fsp3) is 0.200. The van der Waals surface area contributed by atoms with E-state index < -0.39 is 11.6 Å². The molecule has 19 heavy (non-hydrogen) atoms. The lowest BCUT2D eigenvalue weighted by Crippen LogP contribution is -2.19. The summed E-state index contributed by atoms with van der Waals surface area (Å²) in [5.74, 6) is -1.59. The molecule has 0 amide bonds. The second kappa shape index (κ2) is 5.89. The Balaban J connectivity index is 2.28. The molecule has 0 spiro atoms. The van der Waals surface area contributed by atoms with Crippen molar-refractivity contribution in [3.8, 4) is 0 Å². The van der Waals surface area contributed by atoms with Crippen LogP contribution in [0.5, 0.6) is 0 Å². The summed E-state index contributed by atoms with van der Waals surface area (Å²) in [7, 11) is 1.67. The molecule has 0 heterocycles. The molecule has 0 fully saturated rings. The van der Waals surface area contributed by atoms with Crippen molar-refractivity contribution >= 4 is 0 Å². The third-order valence-electron chi connectivity index (χ3n) is 3.02. The first-order chi connectivity index (χ1) is 9.10. The third kappa shape index (κ3) is 3.35. The monoisotopic (exact) mass is 265 g/mol. The lowest BCUT2D eigenvalue weighted by Gasteiger charge is -2.17. The zero-order valence-electron chi connectivity index (χ0n) is 10.5. The third-order valence-corrected chi connectivity index (χ3v) is 3.02. The molecule has 1 nitrogen and oxygen atoms in total. The summed E-state index contributed by atoms with van der Waals surface area (Å²) in [6, 6.07) is 9.35. The topological polar surface area (TPSA) is 12.0 Å². The Morgan fingerprint density at radius 2 is 1.63 bits per heavy atom. The highest BCUT2D eigenvalue weighted by Gasteiger charge is 2.14. The summed E-state index contributed by atoms with van der Waals surface area (Å²) in [6.45, 7) is 0. The van der Waals surface area contributed by atoms with Crippen molar-refractivity contribution in [1.82, 2.24) is 5.32 Å². The maximum atomic E-state index is 13.6. The molecule has 2 aromatic rings. The van der Waals surface area contributed by atoms with E-state index in [1.807, 2.05) is 0 Å². The lowest BCUT2D eigenvalue weighted by atomic mass is 9.98. The van der Waals surface area contributed by atoms with Gasteiger partial charge in [-0.1, -0.05) is 18.2 Å². The van der Waals surface area contributed by atoms with Gasteiger partial charge >= 0.3 is 0 Å². The molecule has 0 bridgehead atoms. The summed E-state index contributed by atoms with van der Waals surface area (Å²) in [6.07, 6.45) is 0.325. The van der Waals surface area contributed by atoms with Gasteiger partial charge in [-0.05, 0) is 42.8 Å². The molecule has 0 saturated carbocycles. The van der Waals surface area contributed by atoms with Gasteiger partial charge in [0.15, 0.2) is 0 Å². The fourth-order valence-electron chi connectivity index (χ4n) is 2.05. The number of nitrogens with one attached hydrogen (secondary N) is 1. The number of hydrogen-bond donors (Lipinski definition) is 1. The summed E-state index contributed by atoms with van der Waals surface area (Å²) >= 11 is 0. The minimum Gasteiger partial charge on any atom is -0.313 e. The van der Waals surface area contributed by atoms with Crippen LogP contribution < -0.4 is 5.32 Å². The van der Waals surface area contributed by atoms with Crippen molar-refractivity contribution < 1.29 is 13.2 Å². The Morgan fingerprint density at radius 1 is 1.00 bits per heavy atom. The van der Waals surface area contributed by atoms with E-state index in [0.29, 0.717) is 17.5 Å². The van der Waals surface area contributed by atoms with Crippen molar-refractivity contribution in [2.24, 2.45) is 0 Å². The van der Waals surface area contributed by atoms with Gasteiger partial charge in [-0.25, -0.2) is 13.2 Å². The molecule has 0 aliphatic carbocycles. The highest BCUT2D eigenvalue weighted by atomic mass is 19.1. The molecule has 1 N–H and O–H groups in total. The normalized spacial score (nSPS) is 12.4. The maximum Gasteiger partial charge on any atom is 0.126 e. The minimum atomic E-state index is -0.635. The van der Waals surface area contributed by atoms with E-state index in [9.17, 15) is 13.2 Å². The van der Waals surface area contributed by atoms with Gasteiger partial charge in [0.1, 0.15) is 17.5 Å². The standard InChI is InChI=1S/C15H14F3N/c1-19-15(8-10-4-2-3-5-14(10)18)11-6-12(16)9-13(17)7-11/h2-7,9,15,19H,8H2,1H3. The van der Waals surface area contributed by atoms with Gasteiger partial charge in [-0.2, -0.15) is 0 Å². The Hall–Kier alpha value is -1.81. The molecule has 2 rings (SSSR count). The lowest BCUT2D eigenvalue weighted by molar-refractivity contribution is 0.537. The maximum absolute atomic E-state index is 13.6. The van der Waals surface area contributed by atoms with E-state index in [2.05, 4.69) is 5.32 Å². The van der Waals surface area contributed by atoms with Crippen LogP contribution in [0.2, 0.25) is 0 Å². The van der Waals surface area contributed by atoms with Crippen molar-refractivity contribution in [1.29, 1.82) is 0 Å². The predicted octanol–water partition coefficient (Wildman–Crippen LogP) is 3.61. The molecule has 0 aliphatic rings. The molecule has 1 unspecified atom stereocenters. The molecule has 0 radical (unpaired) electrons. The SMILES string of the molecule is CNC(Cc1ccccc1F)c1cc(F)cc(F)c1. The molecular formula is C15H14F3N. The highest BCUT2D eigenvalue weighted by Crippen LogP contribution is 2.21. The molecule has 100 valence electrons. The summed E-state index contributed by atoms with van der Waals surface area (Å²) < 4.78 is 40.0. The zero-order valence-corrected chi connectivity index (χ0v) is 10.5. The highest BCUT2D eigenvalue weighted by molar-refractivity contribution is 5.25. The average molecular weight is 265 g/mol. The van der Waals surface area contributed by atoms with Gasteiger partial charge < -0.3 is 5.32 Å². The van der Waals surface area contributed by atoms with Gasteiger partial charge in [0.2, 0.25) is 0 Å². The second-order valence-electron chi connectivity index (χ2n) is 4.34. The minimum absolute atomic E-state index is 0.320. The predicted molar refractivity (Wildman–Crippen MR) is 68.3 cm³/mol. The van der Waals surface area contributed by atoms with E-state index in [4.69, 9.17) is 0 Å². The van der Waals surface area contributed by atoms with Gasteiger partial charge in [0, 0.05) is 12.1 Å². The Morgan fingerprint density at radius 3 is 2.21 bits per heavy atom. The van der Waals surface area contributed by atoms with Crippen LogP contribution in [0.15, 0.2) is 42.5 Å². The first kappa shape index (κ1) is 13.6. The smallest absolute Gasteiger partial charge is 0.126 e. The second-order valence-corrected chi connectivity index (χ2v) is 4.34. The Kier molecular flexibility index (Phi) is 4.22. The van der Waals surface area contributed by atoms with Gasteiger partial charge in [-0.15, -0.1) is 0 Å². The first-order valence-corrected chi connectivity index (χ1v) is 5.97. The van der Waals surface area contributed by atoms with Crippen LogP contribution in [-0.4, -0.2) is 7.05 Å². The Bertz CT molecular complexity index is 549. The van der Waals surface area contributed by atoms with E-state index in [0.717, 1.165) is 6.07 Å². The number of benzene rings is 2. The molecular weight excluding hydrogens is 251 g/mol. The molecule has 0 saturated heterocycles. The van der Waals surface area contributed by atoms with Crippen LogP contribution in [0.25, 0.3) is 0 Å². The molecule has 4 heteroatoms. The van der Waals surface area contributed by atoms with Crippen LogP contribution in [0.4, 0.5) is 13.2 Å². The molecule has 1 atom stereocenters. The van der Waals surface area contributed by atoms with Crippen molar-refractivity contribution in [2.75, 3.05) is 7.05 Å².